The van der Waals surface area contributed by atoms with Crippen molar-refractivity contribution in [2.45, 2.75) is 33.3 Å². The van der Waals surface area contributed by atoms with Gasteiger partial charge < -0.3 is 14.2 Å². The molecule has 160 valence electrons. The monoisotopic (exact) mass is 414 g/mol. The summed E-state index contributed by atoms with van der Waals surface area (Å²) in [5, 5.41) is 0. The van der Waals surface area contributed by atoms with Crippen LogP contribution < -0.4 is 20.3 Å². The zero-order chi connectivity index (χ0) is 21.9. The van der Waals surface area contributed by atoms with Crippen LogP contribution in [0.3, 0.4) is 0 Å². The highest BCUT2D eigenvalue weighted by atomic mass is 16.5. The summed E-state index contributed by atoms with van der Waals surface area (Å²) in [5.41, 5.74) is 5.37. The Kier molecular flexibility index (Phi) is 8.68. The molecule has 2 N–H and O–H groups in total. The minimum Gasteiger partial charge on any atom is -0.491 e. The number of nitrogens with one attached hydrogen (secondary N) is 2. The number of rotatable bonds is 9. The number of hydrazine groups is 1. The second-order valence-corrected chi connectivity index (χ2v) is 6.40. The fraction of sp³-hybridized carbons (Fsp3) is 0.318. The van der Waals surface area contributed by atoms with E-state index in [1.165, 1.54) is 0 Å². The van der Waals surface area contributed by atoms with Crippen molar-refractivity contribution >= 4 is 17.8 Å². The van der Waals surface area contributed by atoms with E-state index in [0.717, 1.165) is 6.42 Å². The second kappa shape index (κ2) is 11.5. The molecule has 0 fully saturated rings. The van der Waals surface area contributed by atoms with Crippen LogP contribution in [0.4, 0.5) is 0 Å². The van der Waals surface area contributed by atoms with Crippen molar-refractivity contribution in [3.8, 4) is 11.5 Å². The summed E-state index contributed by atoms with van der Waals surface area (Å²) >= 11 is 0. The van der Waals surface area contributed by atoms with E-state index in [-0.39, 0.29) is 19.3 Å². The van der Waals surface area contributed by atoms with Gasteiger partial charge >= 0.3 is 5.97 Å². The average Bonchev–Trinajstić information content (AvgIpc) is 2.76. The van der Waals surface area contributed by atoms with E-state index in [4.69, 9.17) is 14.2 Å². The molecule has 0 aliphatic carbocycles. The van der Waals surface area contributed by atoms with E-state index in [9.17, 15) is 14.4 Å². The first kappa shape index (κ1) is 22.7. The Balaban J connectivity index is 1.80. The highest BCUT2D eigenvalue weighted by Crippen LogP contribution is 2.16. The van der Waals surface area contributed by atoms with Crippen molar-refractivity contribution in [3.05, 3.63) is 59.7 Å². The Bertz CT molecular complexity index is 866. The predicted octanol–water partition coefficient (Wildman–Crippen LogP) is 2.88. The fourth-order valence-corrected chi connectivity index (χ4v) is 2.31. The van der Waals surface area contributed by atoms with Gasteiger partial charge in [-0.2, -0.15) is 0 Å². The predicted molar refractivity (Wildman–Crippen MR) is 110 cm³/mol. The first-order valence-corrected chi connectivity index (χ1v) is 9.68. The number of carbonyl (C=O) groups is 3. The minimum absolute atomic E-state index is 0.0338. The van der Waals surface area contributed by atoms with E-state index in [1.54, 1.807) is 55.5 Å². The van der Waals surface area contributed by atoms with Crippen LogP contribution in [0.5, 0.6) is 11.5 Å². The van der Waals surface area contributed by atoms with Crippen LogP contribution in [0.15, 0.2) is 48.5 Å². The molecule has 0 bridgehead atoms. The molecular weight excluding hydrogens is 388 g/mol. The van der Waals surface area contributed by atoms with E-state index < -0.39 is 17.8 Å². The highest BCUT2D eigenvalue weighted by Gasteiger charge is 2.11. The smallest absolute Gasteiger partial charge is 0.338 e. The van der Waals surface area contributed by atoms with Crippen LogP contribution in [0.1, 0.15) is 47.9 Å². The number of benzene rings is 2. The molecule has 0 saturated carbocycles. The zero-order valence-electron chi connectivity index (χ0n) is 17.3. The topological polar surface area (TPSA) is 103 Å². The number of ether oxygens (including phenoxy) is 3. The summed E-state index contributed by atoms with van der Waals surface area (Å²) < 4.78 is 15.9. The van der Waals surface area contributed by atoms with Gasteiger partial charge in [-0.05, 0) is 62.7 Å². The molecule has 0 aliphatic heterocycles. The van der Waals surface area contributed by atoms with Gasteiger partial charge in [0.25, 0.3) is 11.8 Å². The maximum absolute atomic E-state index is 12.2. The summed E-state index contributed by atoms with van der Waals surface area (Å²) in [7, 11) is 0. The number of hydrogen-bond acceptors (Lipinski definition) is 6. The Morgan fingerprint density at radius 3 is 2.33 bits per heavy atom. The number of hydrogen-bond donors (Lipinski definition) is 2. The van der Waals surface area contributed by atoms with Crippen LogP contribution in [0.2, 0.25) is 0 Å². The van der Waals surface area contributed by atoms with Gasteiger partial charge in [-0.25, -0.2) is 4.79 Å². The third-order valence-corrected chi connectivity index (χ3v) is 4.06. The van der Waals surface area contributed by atoms with Crippen LogP contribution >= 0.6 is 0 Å². The molecule has 8 heteroatoms. The summed E-state index contributed by atoms with van der Waals surface area (Å²) in [5.74, 6) is -0.456. The van der Waals surface area contributed by atoms with Crippen molar-refractivity contribution in [3.63, 3.8) is 0 Å². The zero-order valence-corrected chi connectivity index (χ0v) is 17.3. The lowest BCUT2D eigenvalue weighted by atomic mass is 10.2. The molecule has 30 heavy (non-hydrogen) atoms. The van der Waals surface area contributed by atoms with Gasteiger partial charge in [0.15, 0.2) is 6.61 Å². The van der Waals surface area contributed by atoms with E-state index in [2.05, 4.69) is 10.9 Å². The lowest BCUT2D eigenvalue weighted by Crippen LogP contribution is -2.43. The maximum atomic E-state index is 12.2. The summed E-state index contributed by atoms with van der Waals surface area (Å²) in [4.78, 5) is 35.7. The van der Waals surface area contributed by atoms with Crippen molar-refractivity contribution < 1.29 is 28.6 Å². The van der Waals surface area contributed by atoms with Crippen LogP contribution in [-0.4, -0.2) is 37.1 Å². The van der Waals surface area contributed by atoms with Crippen molar-refractivity contribution in [1.29, 1.82) is 0 Å². The summed E-state index contributed by atoms with van der Waals surface area (Å²) in [6, 6.07) is 12.9. The molecular formula is C22H26N2O6. The normalized spacial score (nSPS) is 11.2. The molecule has 0 aromatic heterocycles. The number of esters is 1. The molecule has 2 rings (SSSR count). The Labute approximate surface area is 175 Å². The molecule has 8 nitrogen and oxygen atoms in total. The Morgan fingerprint density at radius 2 is 1.67 bits per heavy atom. The van der Waals surface area contributed by atoms with Crippen molar-refractivity contribution in [2.75, 3.05) is 13.2 Å². The van der Waals surface area contributed by atoms with Crippen molar-refractivity contribution in [1.82, 2.24) is 10.9 Å². The highest BCUT2D eigenvalue weighted by molar-refractivity contribution is 5.95. The molecule has 0 radical (unpaired) electrons. The first-order valence-electron chi connectivity index (χ1n) is 9.68. The minimum atomic E-state index is -0.537. The molecule has 2 aromatic carbocycles. The SMILES string of the molecule is CCOC(=O)c1ccc(OCC(=O)NNC(=O)c2cccc(OC(C)CC)c2)cc1. The quantitative estimate of drug-likeness (QED) is 0.483. The second-order valence-electron chi connectivity index (χ2n) is 6.40. The molecule has 0 spiro atoms. The number of carbonyl (C=O) groups excluding carboxylic acids is 3. The van der Waals surface area contributed by atoms with Gasteiger partial charge in [-0.1, -0.05) is 13.0 Å². The van der Waals surface area contributed by atoms with Gasteiger partial charge in [0.1, 0.15) is 11.5 Å². The van der Waals surface area contributed by atoms with Gasteiger partial charge in [0.05, 0.1) is 18.3 Å². The van der Waals surface area contributed by atoms with E-state index in [0.29, 0.717) is 22.6 Å². The summed E-state index contributed by atoms with van der Waals surface area (Å²) in [6.07, 6.45) is 0.879. The standard InChI is InChI=1S/C22H26N2O6/c1-4-15(3)30-19-8-6-7-17(13-19)21(26)24-23-20(25)14-29-18-11-9-16(10-12-18)22(27)28-5-2/h6-13,15H,4-5,14H2,1-3H3,(H,23,25)(H,24,26). The molecule has 0 aliphatic rings. The number of amides is 2. The van der Waals surface area contributed by atoms with Crippen LogP contribution in [0.25, 0.3) is 0 Å². The van der Waals surface area contributed by atoms with Crippen molar-refractivity contribution in [2.24, 2.45) is 0 Å². The van der Waals surface area contributed by atoms with E-state index in [1.807, 2.05) is 13.8 Å². The van der Waals surface area contributed by atoms with Gasteiger partial charge in [-0.3, -0.25) is 20.4 Å². The fourth-order valence-electron chi connectivity index (χ4n) is 2.31. The molecule has 2 amide bonds. The summed E-state index contributed by atoms with van der Waals surface area (Å²) in [6.45, 7) is 5.66. The third kappa shape index (κ3) is 7.12. The van der Waals surface area contributed by atoms with Gasteiger partial charge in [0.2, 0.25) is 0 Å². The largest absolute Gasteiger partial charge is 0.491 e. The maximum Gasteiger partial charge on any atom is 0.338 e. The third-order valence-electron chi connectivity index (χ3n) is 4.06. The van der Waals surface area contributed by atoms with Crippen LogP contribution in [-0.2, 0) is 9.53 Å². The molecule has 1 atom stereocenters. The lowest BCUT2D eigenvalue weighted by molar-refractivity contribution is -0.123. The molecule has 1 unspecified atom stereocenters. The van der Waals surface area contributed by atoms with Crippen LogP contribution in [0, 0.1) is 0 Å². The lowest BCUT2D eigenvalue weighted by Gasteiger charge is -2.13. The van der Waals surface area contributed by atoms with E-state index >= 15 is 0 Å². The molecule has 0 saturated heterocycles. The Hall–Kier alpha value is -3.55. The molecule has 2 aromatic rings. The van der Waals surface area contributed by atoms with Gasteiger partial charge in [0, 0.05) is 5.56 Å². The average molecular weight is 414 g/mol. The Morgan fingerprint density at radius 1 is 0.933 bits per heavy atom. The molecule has 0 heterocycles. The van der Waals surface area contributed by atoms with Gasteiger partial charge in [-0.15, -0.1) is 0 Å². The first-order chi connectivity index (χ1) is 14.4.